The van der Waals surface area contributed by atoms with Crippen LogP contribution in [-0.2, 0) is 10.1 Å². The molecule has 146 valence electrons. The normalized spacial score (nSPS) is 10.7. The van der Waals surface area contributed by atoms with E-state index in [1.165, 1.54) is 0 Å². The maximum absolute atomic E-state index is 12.5. The van der Waals surface area contributed by atoms with Crippen LogP contribution in [0.25, 0.3) is 22.2 Å². The van der Waals surface area contributed by atoms with Gasteiger partial charge in [-0.05, 0) is 18.6 Å². The summed E-state index contributed by atoms with van der Waals surface area (Å²) in [5.41, 5.74) is 14.4. The molecule has 0 spiro atoms. The third-order valence-electron chi connectivity index (χ3n) is 3.63. The summed E-state index contributed by atoms with van der Waals surface area (Å²) in [6.45, 7) is 1.86. The van der Waals surface area contributed by atoms with E-state index in [2.05, 4.69) is 4.99 Å². The maximum atomic E-state index is 12.5. The van der Waals surface area contributed by atoms with Crippen molar-refractivity contribution in [2.24, 2.45) is 16.5 Å². The van der Waals surface area contributed by atoms with Crippen LogP contribution in [0, 0.1) is 6.92 Å². The van der Waals surface area contributed by atoms with Gasteiger partial charge in [-0.3, -0.25) is 9.35 Å². The molecular weight excluding hydrogens is 380 g/mol. The van der Waals surface area contributed by atoms with Crippen molar-refractivity contribution >= 4 is 32.9 Å². The van der Waals surface area contributed by atoms with Gasteiger partial charge in [0.05, 0.1) is 23.0 Å². The molecule has 3 rings (SSSR count). The molecule has 2 aromatic carbocycles. The molecule has 8 nitrogen and oxygen atoms in total. The first-order chi connectivity index (χ1) is 13.1. The lowest BCUT2D eigenvalue weighted by Gasteiger charge is -2.12. The Hall–Kier alpha value is -3.30. The van der Waals surface area contributed by atoms with Gasteiger partial charge in [0.15, 0.2) is 5.96 Å². The van der Waals surface area contributed by atoms with Gasteiger partial charge in [-0.25, -0.2) is 4.98 Å². The lowest BCUT2D eigenvalue weighted by Crippen LogP contribution is -2.24. The van der Waals surface area contributed by atoms with E-state index in [4.69, 9.17) is 21.0 Å². The fraction of sp³-hybridized carbons (Fsp3) is 0.105. The Morgan fingerprint density at radius 2 is 1.57 bits per heavy atom. The molecule has 0 aliphatic rings. The number of carbonyl (C=O) groups is 1. The second kappa shape index (κ2) is 8.59. The SMILES string of the molecule is CS(=O)(=O)O.Cc1c(-c2ccccc2)nc2ccccc2c1C(=O)N=C(N)N. The first-order valence-electron chi connectivity index (χ1n) is 8.09. The van der Waals surface area contributed by atoms with Crippen molar-refractivity contribution in [3.8, 4) is 11.3 Å². The van der Waals surface area contributed by atoms with Gasteiger partial charge in [-0.2, -0.15) is 13.4 Å². The Balaban J connectivity index is 0.000000500. The monoisotopic (exact) mass is 400 g/mol. The van der Waals surface area contributed by atoms with Crippen molar-refractivity contribution in [3.63, 3.8) is 0 Å². The molecule has 3 aromatic rings. The Morgan fingerprint density at radius 1 is 1.04 bits per heavy atom. The first-order valence-corrected chi connectivity index (χ1v) is 9.94. The smallest absolute Gasteiger partial charge is 0.281 e. The highest BCUT2D eigenvalue weighted by Crippen LogP contribution is 2.29. The van der Waals surface area contributed by atoms with E-state index in [0.29, 0.717) is 11.8 Å². The molecule has 28 heavy (non-hydrogen) atoms. The van der Waals surface area contributed by atoms with Crippen LogP contribution in [0.3, 0.4) is 0 Å². The van der Waals surface area contributed by atoms with E-state index in [-0.39, 0.29) is 5.96 Å². The number of pyridine rings is 1. The molecule has 0 unspecified atom stereocenters. The van der Waals surface area contributed by atoms with Crippen LogP contribution < -0.4 is 11.5 Å². The summed E-state index contributed by atoms with van der Waals surface area (Å²) in [6.07, 6.45) is 0.715. The standard InChI is InChI=1S/C18H16N4O.CH4O3S/c1-11-15(17(23)22-18(19)20)13-9-5-6-10-14(13)21-16(11)12-7-3-2-4-8-12;1-5(2,3)4/h2-10H,1H3,(H4,19,20,22,23);1H3,(H,2,3,4). The van der Waals surface area contributed by atoms with Gasteiger partial charge in [0.2, 0.25) is 0 Å². The molecule has 0 atom stereocenters. The van der Waals surface area contributed by atoms with Gasteiger partial charge >= 0.3 is 0 Å². The molecule has 0 saturated carbocycles. The minimum absolute atomic E-state index is 0.253. The fourth-order valence-corrected chi connectivity index (χ4v) is 2.63. The lowest BCUT2D eigenvalue weighted by molar-refractivity contribution is 0.100. The molecule has 0 aliphatic carbocycles. The molecule has 0 aliphatic heterocycles. The highest BCUT2D eigenvalue weighted by atomic mass is 32.2. The van der Waals surface area contributed by atoms with Gasteiger partial charge in [0.1, 0.15) is 0 Å². The van der Waals surface area contributed by atoms with Crippen molar-refractivity contribution in [1.29, 1.82) is 0 Å². The van der Waals surface area contributed by atoms with Crippen molar-refractivity contribution in [2.75, 3.05) is 6.26 Å². The zero-order valence-corrected chi connectivity index (χ0v) is 16.1. The quantitative estimate of drug-likeness (QED) is 0.339. The lowest BCUT2D eigenvalue weighted by atomic mass is 9.97. The van der Waals surface area contributed by atoms with Crippen LogP contribution in [-0.4, -0.2) is 36.1 Å². The number of guanidine groups is 1. The number of benzene rings is 2. The molecule has 0 radical (unpaired) electrons. The summed E-state index contributed by atoms with van der Waals surface area (Å²) >= 11 is 0. The van der Waals surface area contributed by atoms with Crippen molar-refractivity contribution < 1.29 is 17.8 Å². The van der Waals surface area contributed by atoms with Crippen LogP contribution in [0.15, 0.2) is 59.6 Å². The van der Waals surface area contributed by atoms with Crippen LogP contribution in [0.5, 0.6) is 0 Å². The summed E-state index contributed by atoms with van der Waals surface area (Å²) < 4.78 is 25.9. The van der Waals surface area contributed by atoms with E-state index < -0.39 is 16.0 Å². The number of para-hydroxylation sites is 1. The van der Waals surface area contributed by atoms with E-state index in [0.717, 1.165) is 27.7 Å². The third-order valence-corrected chi connectivity index (χ3v) is 3.63. The molecule has 9 heteroatoms. The zero-order chi connectivity index (χ0) is 20.9. The number of nitrogens with zero attached hydrogens (tertiary/aromatic N) is 2. The van der Waals surface area contributed by atoms with E-state index >= 15 is 0 Å². The molecule has 0 bridgehead atoms. The first kappa shape index (κ1) is 21.0. The number of hydrogen-bond acceptors (Lipinski definition) is 4. The Bertz CT molecular complexity index is 1130. The highest BCUT2D eigenvalue weighted by Gasteiger charge is 2.18. The van der Waals surface area contributed by atoms with Crippen LogP contribution in [0.1, 0.15) is 15.9 Å². The maximum Gasteiger partial charge on any atom is 0.281 e. The molecular formula is C19H20N4O4S. The third kappa shape index (κ3) is 5.60. The van der Waals surface area contributed by atoms with Crippen molar-refractivity contribution in [3.05, 3.63) is 65.7 Å². The van der Waals surface area contributed by atoms with E-state index in [1.807, 2.05) is 61.5 Å². The minimum Gasteiger partial charge on any atom is -0.370 e. The number of aliphatic imine (C=N–C) groups is 1. The van der Waals surface area contributed by atoms with Crippen LogP contribution in [0.4, 0.5) is 0 Å². The second-order valence-electron chi connectivity index (χ2n) is 5.92. The second-order valence-corrected chi connectivity index (χ2v) is 7.38. The number of nitrogens with two attached hydrogens (primary N) is 2. The Morgan fingerprint density at radius 3 is 2.14 bits per heavy atom. The van der Waals surface area contributed by atoms with Crippen molar-refractivity contribution in [2.45, 2.75) is 6.92 Å². The predicted octanol–water partition coefficient (Wildman–Crippen LogP) is 2.13. The minimum atomic E-state index is -3.67. The number of hydrogen-bond donors (Lipinski definition) is 3. The van der Waals surface area contributed by atoms with Crippen LogP contribution >= 0.6 is 0 Å². The predicted molar refractivity (Wildman–Crippen MR) is 110 cm³/mol. The van der Waals surface area contributed by atoms with Crippen LogP contribution in [0.2, 0.25) is 0 Å². The molecule has 1 aromatic heterocycles. The average Bonchev–Trinajstić information content (AvgIpc) is 2.59. The Kier molecular flexibility index (Phi) is 6.45. The zero-order valence-electron chi connectivity index (χ0n) is 15.3. The molecule has 0 fully saturated rings. The summed E-state index contributed by atoms with van der Waals surface area (Å²) in [5, 5.41) is 0.736. The summed E-state index contributed by atoms with van der Waals surface area (Å²) in [6, 6.07) is 17.2. The topological polar surface area (TPSA) is 149 Å². The number of aromatic nitrogens is 1. The number of carbonyl (C=O) groups excluding carboxylic acids is 1. The molecule has 1 heterocycles. The van der Waals surface area contributed by atoms with E-state index in [1.54, 1.807) is 0 Å². The number of fused-ring (bicyclic) bond motifs is 1. The van der Waals surface area contributed by atoms with Gasteiger partial charge in [-0.1, -0.05) is 48.5 Å². The van der Waals surface area contributed by atoms with Gasteiger partial charge in [0.25, 0.3) is 16.0 Å². The summed E-state index contributed by atoms with van der Waals surface area (Å²) in [7, 11) is -3.67. The summed E-state index contributed by atoms with van der Waals surface area (Å²) in [4.78, 5) is 20.9. The largest absolute Gasteiger partial charge is 0.370 e. The molecule has 1 amide bonds. The van der Waals surface area contributed by atoms with E-state index in [9.17, 15) is 13.2 Å². The molecule has 0 saturated heterocycles. The Labute approximate surface area is 162 Å². The average molecular weight is 400 g/mol. The fourth-order valence-electron chi connectivity index (χ4n) is 2.63. The van der Waals surface area contributed by atoms with Gasteiger partial charge < -0.3 is 11.5 Å². The van der Waals surface area contributed by atoms with Gasteiger partial charge in [0, 0.05) is 10.9 Å². The molecule has 5 N–H and O–H groups in total. The highest BCUT2D eigenvalue weighted by molar-refractivity contribution is 7.85. The van der Waals surface area contributed by atoms with Crippen molar-refractivity contribution in [1.82, 2.24) is 4.98 Å². The summed E-state index contributed by atoms with van der Waals surface area (Å²) in [5.74, 6) is -0.713. The number of amides is 1. The number of rotatable bonds is 2. The van der Waals surface area contributed by atoms with Gasteiger partial charge in [-0.15, -0.1) is 0 Å².